The first-order valence-corrected chi connectivity index (χ1v) is 9.55. The van der Waals surface area contributed by atoms with E-state index < -0.39 is 0 Å². The highest BCUT2D eigenvalue weighted by molar-refractivity contribution is 6.42. The van der Waals surface area contributed by atoms with Crippen molar-refractivity contribution in [2.75, 3.05) is 0 Å². The average molecular weight is 389 g/mol. The van der Waals surface area contributed by atoms with Crippen LogP contribution in [0.25, 0.3) is 10.9 Å². The van der Waals surface area contributed by atoms with Gasteiger partial charge in [0.2, 0.25) is 5.91 Å². The molecule has 1 heterocycles. The van der Waals surface area contributed by atoms with Crippen LogP contribution in [0.5, 0.6) is 0 Å². The average Bonchev–Trinajstić information content (AvgIpc) is 3.06. The second-order valence-corrected chi connectivity index (χ2v) is 7.41. The van der Waals surface area contributed by atoms with Gasteiger partial charge in [0.25, 0.3) is 0 Å². The third-order valence-corrected chi connectivity index (χ3v) is 5.49. The standard InChI is InChI=1S/C21H22Cl2N2O/c1-3-13(2)25-21(26)11-16(14-8-9-18(22)19(23)10-14)17-12-24-20-7-5-4-6-15(17)20/h4-10,12-13,16,24H,3,11H2,1-2H3,(H,25,26)/t13-,16-/m0/s1. The molecular formula is C21H22Cl2N2O. The predicted octanol–water partition coefficient (Wildman–Crippen LogP) is 5.91. The second-order valence-electron chi connectivity index (χ2n) is 6.60. The highest BCUT2D eigenvalue weighted by Crippen LogP contribution is 2.36. The van der Waals surface area contributed by atoms with Gasteiger partial charge in [-0.1, -0.05) is 54.4 Å². The number of benzene rings is 2. The fourth-order valence-electron chi connectivity index (χ4n) is 3.14. The van der Waals surface area contributed by atoms with Crippen LogP contribution in [-0.2, 0) is 4.79 Å². The summed E-state index contributed by atoms with van der Waals surface area (Å²) in [7, 11) is 0. The molecule has 1 amide bonds. The van der Waals surface area contributed by atoms with Crippen LogP contribution >= 0.6 is 23.2 Å². The Labute approximate surface area is 163 Å². The third kappa shape index (κ3) is 4.05. The van der Waals surface area contributed by atoms with Crippen molar-refractivity contribution in [1.82, 2.24) is 10.3 Å². The van der Waals surface area contributed by atoms with Crippen molar-refractivity contribution in [2.24, 2.45) is 0 Å². The highest BCUT2D eigenvalue weighted by atomic mass is 35.5. The maximum absolute atomic E-state index is 12.6. The predicted molar refractivity (Wildman–Crippen MR) is 109 cm³/mol. The van der Waals surface area contributed by atoms with E-state index in [1.54, 1.807) is 6.07 Å². The summed E-state index contributed by atoms with van der Waals surface area (Å²) in [4.78, 5) is 15.9. The van der Waals surface area contributed by atoms with Gasteiger partial charge in [-0.2, -0.15) is 0 Å². The minimum atomic E-state index is -0.107. The number of hydrogen-bond donors (Lipinski definition) is 2. The van der Waals surface area contributed by atoms with Crippen LogP contribution in [0.3, 0.4) is 0 Å². The molecule has 0 saturated heterocycles. The van der Waals surface area contributed by atoms with E-state index in [1.165, 1.54) is 0 Å². The number of rotatable bonds is 6. The van der Waals surface area contributed by atoms with Crippen LogP contribution in [0.1, 0.15) is 43.7 Å². The fourth-order valence-corrected chi connectivity index (χ4v) is 3.45. The maximum atomic E-state index is 12.6. The van der Waals surface area contributed by atoms with Crippen LogP contribution in [0.4, 0.5) is 0 Å². The molecule has 3 aromatic rings. The molecule has 5 heteroatoms. The van der Waals surface area contributed by atoms with Gasteiger partial charge in [-0.3, -0.25) is 4.79 Å². The number of carbonyl (C=O) groups excluding carboxylic acids is 1. The Morgan fingerprint density at radius 1 is 1.15 bits per heavy atom. The van der Waals surface area contributed by atoms with Crippen molar-refractivity contribution >= 4 is 40.0 Å². The second kappa shape index (κ2) is 8.15. The molecule has 0 radical (unpaired) electrons. The Bertz CT molecular complexity index is 919. The van der Waals surface area contributed by atoms with E-state index in [-0.39, 0.29) is 17.9 Å². The molecule has 2 N–H and O–H groups in total. The summed E-state index contributed by atoms with van der Waals surface area (Å²) in [5.74, 6) is -0.0781. The van der Waals surface area contributed by atoms with Crippen LogP contribution < -0.4 is 5.32 Å². The van der Waals surface area contributed by atoms with Crippen molar-refractivity contribution in [3.05, 3.63) is 69.8 Å². The molecule has 3 rings (SSSR count). The van der Waals surface area contributed by atoms with E-state index in [9.17, 15) is 4.79 Å². The highest BCUT2D eigenvalue weighted by Gasteiger charge is 2.22. The van der Waals surface area contributed by atoms with Gasteiger partial charge in [0.1, 0.15) is 0 Å². The third-order valence-electron chi connectivity index (χ3n) is 4.75. The summed E-state index contributed by atoms with van der Waals surface area (Å²) < 4.78 is 0. The summed E-state index contributed by atoms with van der Waals surface area (Å²) in [6, 6.07) is 13.8. The summed E-state index contributed by atoms with van der Waals surface area (Å²) in [5, 5.41) is 5.18. The Morgan fingerprint density at radius 3 is 2.65 bits per heavy atom. The fraction of sp³-hybridized carbons (Fsp3) is 0.286. The van der Waals surface area contributed by atoms with Gasteiger partial charge in [-0.15, -0.1) is 0 Å². The number of hydrogen-bond acceptors (Lipinski definition) is 1. The van der Waals surface area contributed by atoms with Gasteiger partial charge in [-0.05, 0) is 42.7 Å². The number of aromatic nitrogens is 1. The topological polar surface area (TPSA) is 44.9 Å². The molecule has 0 fully saturated rings. The number of fused-ring (bicyclic) bond motifs is 1. The first-order valence-electron chi connectivity index (χ1n) is 8.80. The number of para-hydroxylation sites is 1. The van der Waals surface area contributed by atoms with Crippen molar-refractivity contribution in [3.8, 4) is 0 Å². The molecule has 0 aliphatic heterocycles. The molecule has 0 aliphatic carbocycles. The number of nitrogens with one attached hydrogen (secondary N) is 2. The van der Waals surface area contributed by atoms with Gasteiger partial charge in [0, 0.05) is 35.5 Å². The van der Waals surface area contributed by atoms with E-state index in [0.29, 0.717) is 16.5 Å². The number of halogens is 2. The van der Waals surface area contributed by atoms with E-state index in [4.69, 9.17) is 23.2 Å². The summed E-state index contributed by atoms with van der Waals surface area (Å²) in [5.41, 5.74) is 3.11. The summed E-state index contributed by atoms with van der Waals surface area (Å²) in [6.45, 7) is 4.07. The van der Waals surface area contributed by atoms with Crippen molar-refractivity contribution in [3.63, 3.8) is 0 Å². The van der Waals surface area contributed by atoms with Crippen LogP contribution in [0.2, 0.25) is 10.0 Å². The Kier molecular flexibility index (Phi) is 5.90. The van der Waals surface area contributed by atoms with Gasteiger partial charge in [-0.25, -0.2) is 0 Å². The Hall–Kier alpha value is -1.97. The SMILES string of the molecule is CC[C@H](C)NC(=O)C[C@@H](c1ccc(Cl)c(Cl)c1)c1c[nH]c2ccccc12. The molecule has 136 valence electrons. The lowest BCUT2D eigenvalue weighted by Crippen LogP contribution is -2.33. The van der Waals surface area contributed by atoms with Crippen molar-refractivity contribution < 1.29 is 4.79 Å². The molecule has 1 aromatic heterocycles. The zero-order chi connectivity index (χ0) is 18.7. The number of H-pyrrole nitrogens is 1. The molecule has 0 spiro atoms. The monoisotopic (exact) mass is 388 g/mol. The molecule has 0 aliphatic rings. The Morgan fingerprint density at radius 2 is 1.92 bits per heavy atom. The van der Waals surface area contributed by atoms with Crippen molar-refractivity contribution in [1.29, 1.82) is 0 Å². The largest absolute Gasteiger partial charge is 0.361 e. The lowest BCUT2D eigenvalue weighted by molar-refractivity contribution is -0.121. The molecule has 0 bridgehead atoms. The van der Waals surface area contributed by atoms with Gasteiger partial charge >= 0.3 is 0 Å². The lowest BCUT2D eigenvalue weighted by Gasteiger charge is -2.19. The molecule has 0 unspecified atom stereocenters. The van der Waals surface area contributed by atoms with Crippen LogP contribution in [-0.4, -0.2) is 16.9 Å². The molecule has 0 saturated carbocycles. The lowest BCUT2D eigenvalue weighted by atomic mass is 9.88. The van der Waals surface area contributed by atoms with Gasteiger partial charge < -0.3 is 10.3 Å². The van der Waals surface area contributed by atoms with Crippen LogP contribution in [0.15, 0.2) is 48.7 Å². The quantitative estimate of drug-likeness (QED) is 0.541. The number of amides is 1. The van der Waals surface area contributed by atoms with E-state index in [1.807, 2.05) is 43.5 Å². The summed E-state index contributed by atoms with van der Waals surface area (Å²) in [6.07, 6.45) is 3.23. The zero-order valence-electron chi connectivity index (χ0n) is 14.9. The molecular weight excluding hydrogens is 367 g/mol. The maximum Gasteiger partial charge on any atom is 0.221 e. The zero-order valence-corrected chi connectivity index (χ0v) is 16.4. The number of carbonyl (C=O) groups is 1. The minimum Gasteiger partial charge on any atom is -0.361 e. The Balaban J connectivity index is 2.01. The van der Waals surface area contributed by atoms with E-state index in [0.717, 1.165) is 28.5 Å². The van der Waals surface area contributed by atoms with E-state index in [2.05, 4.69) is 23.3 Å². The molecule has 2 atom stereocenters. The molecule has 26 heavy (non-hydrogen) atoms. The first-order chi connectivity index (χ1) is 12.5. The first kappa shape index (κ1) is 18.8. The normalized spacial score (nSPS) is 13.5. The smallest absolute Gasteiger partial charge is 0.221 e. The molecule has 3 nitrogen and oxygen atoms in total. The van der Waals surface area contributed by atoms with E-state index >= 15 is 0 Å². The molecule has 2 aromatic carbocycles. The van der Waals surface area contributed by atoms with Gasteiger partial charge in [0.15, 0.2) is 0 Å². The summed E-state index contributed by atoms with van der Waals surface area (Å²) >= 11 is 12.3. The number of aromatic amines is 1. The van der Waals surface area contributed by atoms with Gasteiger partial charge in [0.05, 0.1) is 10.0 Å². The van der Waals surface area contributed by atoms with Crippen LogP contribution in [0, 0.1) is 0 Å². The minimum absolute atomic E-state index is 0.0284. The van der Waals surface area contributed by atoms with Crippen molar-refractivity contribution in [2.45, 2.75) is 38.6 Å².